The van der Waals surface area contributed by atoms with E-state index in [-0.39, 0.29) is 4.82 Å². The van der Waals surface area contributed by atoms with Crippen LogP contribution in [0.25, 0.3) is 0 Å². The number of nitriles is 1. The average molecular weight is 216 g/mol. The van der Waals surface area contributed by atoms with Gasteiger partial charge in [0, 0.05) is 0 Å². The molecule has 0 aliphatic carbocycles. The third-order valence-corrected chi connectivity index (χ3v) is 5.45. The van der Waals surface area contributed by atoms with Gasteiger partial charge in [-0.25, -0.2) is 0 Å². The van der Waals surface area contributed by atoms with Crippen LogP contribution in [-0.2, 0) is 3.83 Å². The molecule has 1 aliphatic heterocycles. The van der Waals surface area contributed by atoms with Crippen molar-refractivity contribution < 1.29 is 3.83 Å². The zero-order chi connectivity index (χ0) is 8.43. The fourth-order valence-electron chi connectivity index (χ4n) is 1.09. The van der Waals surface area contributed by atoms with Crippen molar-refractivity contribution >= 4 is 13.8 Å². The van der Waals surface area contributed by atoms with Gasteiger partial charge in [-0.3, -0.25) is 0 Å². The molecule has 0 aromatic rings. The topological polar surface area (TPSA) is 40.9 Å². The summed E-state index contributed by atoms with van der Waals surface area (Å²) in [5.41, 5.74) is 2.49. The van der Waals surface area contributed by atoms with Crippen LogP contribution in [0.4, 0.5) is 0 Å². The summed E-state index contributed by atoms with van der Waals surface area (Å²) in [5.74, 6) is 0. The molecule has 2 nitrogen and oxygen atoms in total. The number of hydrogen-bond acceptors (Lipinski definition) is 2. The average Bonchev–Trinajstić information content (AvgIpc) is 1.97. The minimum atomic E-state index is -1.85. The van der Waals surface area contributed by atoms with E-state index in [0.717, 1.165) is 6.42 Å². The van der Waals surface area contributed by atoms with Crippen LogP contribution < -0.4 is 0 Å². The summed E-state index contributed by atoms with van der Waals surface area (Å²) in [5, 5.41) is 9.31. The van der Waals surface area contributed by atoms with Gasteiger partial charge < -0.3 is 0 Å². The third-order valence-electron chi connectivity index (χ3n) is 2.04. The van der Waals surface area contributed by atoms with Crippen molar-refractivity contribution in [1.82, 2.24) is 0 Å². The van der Waals surface area contributed by atoms with E-state index < -0.39 is 13.8 Å². The first-order valence-electron chi connectivity index (χ1n) is 3.57. The normalized spacial score (nSPS) is 31.7. The first-order valence-corrected chi connectivity index (χ1v) is 6.47. The molecule has 2 unspecified atom stereocenters. The van der Waals surface area contributed by atoms with E-state index in [2.05, 4.69) is 6.07 Å². The molecular weight excluding hydrogens is 205 g/mol. The molecule has 0 aromatic carbocycles. The molecule has 3 heteroatoms. The van der Waals surface area contributed by atoms with Gasteiger partial charge in [0.2, 0.25) is 0 Å². The van der Waals surface area contributed by atoms with Gasteiger partial charge in [-0.1, -0.05) is 0 Å². The second kappa shape index (κ2) is 3.30. The first-order chi connectivity index (χ1) is 5.15. The van der Waals surface area contributed by atoms with Crippen molar-refractivity contribution in [3.8, 4) is 6.07 Å². The van der Waals surface area contributed by atoms with E-state index in [1.165, 1.54) is 11.1 Å². The molecule has 0 spiro atoms. The summed E-state index contributed by atoms with van der Waals surface area (Å²) in [6.45, 7) is 4.04. The zero-order valence-corrected chi connectivity index (χ0v) is 8.47. The van der Waals surface area contributed by atoms with Gasteiger partial charge in [0.15, 0.2) is 0 Å². The maximum absolute atomic E-state index is 11.3. The molecule has 2 atom stereocenters. The van der Waals surface area contributed by atoms with Gasteiger partial charge in [0.25, 0.3) is 0 Å². The van der Waals surface area contributed by atoms with Gasteiger partial charge in [-0.15, -0.1) is 0 Å². The predicted molar refractivity (Wildman–Crippen MR) is 43.6 cm³/mol. The Balaban J connectivity index is 2.85. The molecule has 1 heterocycles. The Kier molecular flexibility index (Phi) is 2.59. The molecule has 60 valence electrons. The van der Waals surface area contributed by atoms with Crippen molar-refractivity contribution in [1.29, 1.82) is 5.26 Å². The molecule has 0 radical (unpaired) electrons. The van der Waals surface area contributed by atoms with Gasteiger partial charge in [-0.05, 0) is 0 Å². The molecule has 0 saturated heterocycles. The van der Waals surface area contributed by atoms with Crippen LogP contribution in [0.2, 0.25) is 10.1 Å². The van der Waals surface area contributed by atoms with E-state index in [1.54, 1.807) is 0 Å². The Hall–Kier alpha value is -0.451. The number of allylic oxidation sites excluding steroid dienone is 2. The molecule has 0 amide bonds. The molecule has 1 aliphatic rings. The van der Waals surface area contributed by atoms with Crippen LogP contribution in [-0.4, -0.2) is 13.8 Å². The summed E-state index contributed by atoms with van der Waals surface area (Å²) in [6.07, 6.45) is 0.733. The Bertz CT molecular complexity index is 262. The summed E-state index contributed by atoms with van der Waals surface area (Å²) < 4.78 is 11.3. The standard InChI is InChI=1S/C8H11NOSe/c1-6-3-8(4-9)11(10)5-7(6)2/h8H,3,5H2,1-2H3. The van der Waals surface area contributed by atoms with Crippen molar-refractivity contribution in [3.05, 3.63) is 11.1 Å². The van der Waals surface area contributed by atoms with E-state index >= 15 is 0 Å². The van der Waals surface area contributed by atoms with Crippen molar-refractivity contribution in [2.75, 3.05) is 0 Å². The predicted octanol–water partition coefficient (Wildman–Crippen LogP) is 2.04. The Morgan fingerprint density at radius 1 is 1.55 bits per heavy atom. The van der Waals surface area contributed by atoms with Crippen molar-refractivity contribution in [3.63, 3.8) is 0 Å². The van der Waals surface area contributed by atoms with Gasteiger partial charge in [0.05, 0.1) is 0 Å². The quantitative estimate of drug-likeness (QED) is 0.459. The van der Waals surface area contributed by atoms with Crippen LogP contribution in [0.1, 0.15) is 20.3 Å². The van der Waals surface area contributed by atoms with E-state index in [1.807, 2.05) is 13.8 Å². The van der Waals surface area contributed by atoms with Gasteiger partial charge in [-0.2, -0.15) is 0 Å². The summed E-state index contributed by atoms with van der Waals surface area (Å²) in [6, 6.07) is 2.11. The minimum absolute atomic E-state index is 0.168. The third kappa shape index (κ3) is 1.77. The Morgan fingerprint density at radius 2 is 2.18 bits per heavy atom. The Morgan fingerprint density at radius 3 is 2.73 bits per heavy atom. The maximum atomic E-state index is 11.3. The molecule has 0 saturated carbocycles. The summed E-state index contributed by atoms with van der Waals surface area (Å²) in [7, 11) is 0. The molecule has 0 fully saturated rings. The molecule has 0 bridgehead atoms. The molecule has 0 aromatic heterocycles. The molecule has 11 heavy (non-hydrogen) atoms. The van der Waals surface area contributed by atoms with Crippen LogP contribution in [0.15, 0.2) is 11.1 Å². The van der Waals surface area contributed by atoms with Crippen LogP contribution >= 0.6 is 0 Å². The molecule has 1 rings (SSSR count). The molecular formula is C8H11NOSe. The monoisotopic (exact) mass is 217 g/mol. The van der Waals surface area contributed by atoms with E-state index in [4.69, 9.17) is 5.26 Å². The van der Waals surface area contributed by atoms with Crippen molar-refractivity contribution in [2.45, 2.75) is 30.4 Å². The van der Waals surface area contributed by atoms with Crippen LogP contribution in [0, 0.1) is 11.3 Å². The number of rotatable bonds is 0. The molecule has 0 N–H and O–H groups in total. The van der Waals surface area contributed by atoms with Gasteiger partial charge >= 0.3 is 70.5 Å². The number of hydrogen-bond donors (Lipinski definition) is 0. The fourth-order valence-corrected chi connectivity index (χ4v) is 4.08. The van der Waals surface area contributed by atoms with Crippen LogP contribution in [0.3, 0.4) is 0 Å². The second-order valence-corrected chi connectivity index (χ2v) is 6.30. The van der Waals surface area contributed by atoms with Crippen LogP contribution in [0.5, 0.6) is 0 Å². The van der Waals surface area contributed by atoms with Gasteiger partial charge in [0.1, 0.15) is 0 Å². The Labute approximate surface area is 71.0 Å². The first kappa shape index (κ1) is 8.64. The van der Waals surface area contributed by atoms with Crippen molar-refractivity contribution in [2.24, 2.45) is 0 Å². The zero-order valence-electron chi connectivity index (χ0n) is 6.76. The second-order valence-electron chi connectivity index (χ2n) is 2.91. The summed E-state index contributed by atoms with van der Waals surface area (Å²) >= 11 is -1.85. The fraction of sp³-hybridized carbons (Fsp3) is 0.625. The SMILES string of the molecule is CC1=C(C)C[Se](=O)C(C#N)C1. The van der Waals surface area contributed by atoms with E-state index in [9.17, 15) is 3.83 Å². The number of nitrogens with zero attached hydrogens (tertiary/aromatic N) is 1. The van der Waals surface area contributed by atoms with E-state index in [0.29, 0.717) is 5.32 Å². The summed E-state index contributed by atoms with van der Waals surface area (Å²) in [4.78, 5) is -0.168.